The van der Waals surface area contributed by atoms with Gasteiger partial charge < -0.3 is 10.3 Å². The molecule has 2 nitrogen and oxygen atoms in total. The van der Waals surface area contributed by atoms with Crippen LogP contribution in [0.1, 0.15) is 25.5 Å². The molecule has 0 aliphatic rings. The fraction of sp³-hybridized carbons (Fsp3) is 0.333. The van der Waals surface area contributed by atoms with Crippen LogP contribution in [0.2, 0.25) is 5.02 Å². The lowest BCUT2D eigenvalue weighted by atomic mass is 10.1. The molecular formula is C12H15ClN2. The average molecular weight is 223 g/mol. The molecule has 0 aliphatic heterocycles. The summed E-state index contributed by atoms with van der Waals surface area (Å²) in [6.45, 7) is 4.27. The minimum absolute atomic E-state index is 0.397. The molecule has 1 aromatic heterocycles. The van der Waals surface area contributed by atoms with Gasteiger partial charge in [-0.1, -0.05) is 31.5 Å². The van der Waals surface area contributed by atoms with Crippen LogP contribution in [0, 0.1) is 0 Å². The maximum Gasteiger partial charge on any atom is 0.0717 e. The Kier molecular flexibility index (Phi) is 2.39. The number of halogens is 1. The maximum absolute atomic E-state index is 6.36. The van der Waals surface area contributed by atoms with E-state index in [0.29, 0.717) is 5.92 Å². The predicted molar refractivity (Wildman–Crippen MR) is 66.4 cm³/mol. The van der Waals surface area contributed by atoms with Crippen molar-refractivity contribution in [3.63, 3.8) is 0 Å². The van der Waals surface area contributed by atoms with Gasteiger partial charge in [0, 0.05) is 23.8 Å². The van der Waals surface area contributed by atoms with Crippen molar-refractivity contribution in [2.45, 2.75) is 19.8 Å². The first-order valence-corrected chi connectivity index (χ1v) is 5.44. The summed E-state index contributed by atoms with van der Waals surface area (Å²) in [6.07, 6.45) is 0. The molecule has 2 N–H and O–H groups in total. The van der Waals surface area contributed by atoms with E-state index in [1.807, 2.05) is 25.2 Å². The van der Waals surface area contributed by atoms with Gasteiger partial charge in [-0.25, -0.2) is 0 Å². The zero-order valence-corrected chi connectivity index (χ0v) is 9.97. The van der Waals surface area contributed by atoms with Gasteiger partial charge in [0.25, 0.3) is 0 Å². The van der Waals surface area contributed by atoms with Crippen LogP contribution >= 0.6 is 11.6 Å². The first-order chi connectivity index (χ1) is 7.04. The van der Waals surface area contributed by atoms with Gasteiger partial charge in [-0.15, -0.1) is 0 Å². The fourth-order valence-electron chi connectivity index (χ4n) is 2.12. The van der Waals surface area contributed by atoms with Crippen LogP contribution in [0.4, 0.5) is 5.69 Å². The molecule has 0 radical (unpaired) electrons. The molecule has 1 heterocycles. The zero-order chi connectivity index (χ0) is 11.2. The molecule has 1 aromatic carbocycles. The predicted octanol–water partition coefficient (Wildman–Crippen LogP) is 3.54. The Morgan fingerprint density at radius 1 is 1.33 bits per heavy atom. The van der Waals surface area contributed by atoms with Crippen molar-refractivity contribution in [1.29, 1.82) is 0 Å². The van der Waals surface area contributed by atoms with E-state index in [0.717, 1.165) is 27.3 Å². The molecule has 0 atom stereocenters. The summed E-state index contributed by atoms with van der Waals surface area (Å²) < 4.78 is 2.12. The quantitative estimate of drug-likeness (QED) is 0.736. The van der Waals surface area contributed by atoms with Gasteiger partial charge in [-0.05, 0) is 18.1 Å². The third kappa shape index (κ3) is 1.40. The zero-order valence-electron chi connectivity index (χ0n) is 9.21. The molecule has 80 valence electrons. The summed E-state index contributed by atoms with van der Waals surface area (Å²) >= 11 is 6.36. The number of nitrogens with two attached hydrogens (primary N) is 1. The third-order valence-electron chi connectivity index (χ3n) is 2.79. The minimum Gasteiger partial charge on any atom is -0.398 e. The van der Waals surface area contributed by atoms with Crippen molar-refractivity contribution < 1.29 is 0 Å². The van der Waals surface area contributed by atoms with Gasteiger partial charge in [0.05, 0.1) is 10.5 Å². The highest BCUT2D eigenvalue weighted by atomic mass is 35.5. The third-order valence-corrected chi connectivity index (χ3v) is 3.17. The Bertz CT molecular complexity index is 512. The van der Waals surface area contributed by atoms with Crippen molar-refractivity contribution in [2.24, 2.45) is 7.05 Å². The summed E-state index contributed by atoms with van der Waals surface area (Å²) in [6, 6.07) is 5.89. The number of aromatic nitrogens is 1. The molecule has 0 saturated carbocycles. The molecule has 0 bridgehead atoms. The number of hydrogen-bond donors (Lipinski definition) is 1. The highest BCUT2D eigenvalue weighted by molar-refractivity contribution is 6.37. The monoisotopic (exact) mass is 222 g/mol. The van der Waals surface area contributed by atoms with Gasteiger partial charge in [-0.3, -0.25) is 0 Å². The molecule has 0 fully saturated rings. The summed E-state index contributed by atoms with van der Waals surface area (Å²) in [5, 5.41) is 1.77. The second-order valence-electron chi connectivity index (χ2n) is 4.15. The highest BCUT2D eigenvalue weighted by Crippen LogP contribution is 2.37. The van der Waals surface area contributed by atoms with E-state index in [9.17, 15) is 0 Å². The lowest BCUT2D eigenvalue weighted by Crippen LogP contribution is -1.98. The second-order valence-corrected chi connectivity index (χ2v) is 4.53. The molecule has 0 saturated heterocycles. The van der Waals surface area contributed by atoms with E-state index in [2.05, 4.69) is 18.4 Å². The Morgan fingerprint density at radius 2 is 2.00 bits per heavy atom. The largest absolute Gasteiger partial charge is 0.398 e. The lowest BCUT2D eigenvalue weighted by molar-refractivity contribution is 0.755. The van der Waals surface area contributed by atoms with E-state index < -0.39 is 0 Å². The summed E-state index contributed by atoms with van der Waals surface area (Å²) in [7, 11) is 2.03. The van der Waals surface area contributed by atoms with E-state index in [-0.39, 0.29) is 0 Å². The first kappa shape index (κ1) is 10.4. The minimum atomic E-state index is 0.397. The van der Waals surface area contributed by atoms with Crippen LogP contribution in [0.25, 0.3) is 10.9 Å². The molecule has 15 heavy (non-hydrogen) atoms. The molecule has 2 rings (SSSR count). The van der Waals surface area contributed by atoms with Crippen molar-refractivity contribution in [2.75, 3.05) is 5.73 Å². The summed E-state index contributed by atoms with van der Waals surface area (Å²) in [5.41, 5.74) is 8.94. The average Bonchev–Trinajstić information content (AvgIpc) is 2.40. The number of fused-ring (bicyclic) bond motifs is 1. The number of aryl methyl sites for hydroxylation is 1. The molecule has 0 spiro atoms. The van der Waals surface area contributed by atoms with Crippen molar-refractivity contribution >= 4 is 28.2 Å². The van der Waals surface area contributed by atoms with Crippen LogP contribution in [0.15, 0.2) is 18.2 Å². The molecule has 2 aromatic rings. The van der Waals surface area contributed by atoms with Gasteiger partial charge in [-0.2, -0.15) is 0 Å². The van der Waals surface area contributed by atoms with Gasteiger partial charge >= 0.3 is 0 Å². The Balaban J connectivity index is 2.92. The van der Waals surface area contributed by atoms with Gasteiger partial charge in [0.2, 0.25) is 0 Å². The molecule has 0 unspecified atom stereocenters. The number of rotatable bonds is 1. The Morgan fingerprint density at radius 3 is 2.53 bits per heavy atom. The number of nitrogens with zero attached hydrogens (tertiary/aromatic N) is 1. The normalized spacial score (nSPS) is 11.5. The molecular weight excluding hydrogens is 208 g/mol. The Hall–Kier alpha value is -1.15. The van der Waals surface area contributed by atoms with Crippen molar-refractivity contribution in [3.8, 4) is 0 Å². The number of hydrogen-bond acceptors (Lipinski definition) is 1. The topological polar surface area (TPSA) is 30.9 Å². The Labute approximate surface area is 94.6 Å². The van der Waals surface area contributed by atoms with E-state index in [1.165, 1.54) is 0 Å². The van der Waals surface area contributed by atoms with Crippen molar-refractivity contribution in [3.05, 3.63) is 28.9 Å². The van der Waals surface area contributed by atoms with E-state index in [4.69, 9.17) is 17.3 Å². The van der Waals surface area contributed by atoms with Crippen molar-refractivity contribution in [1.82, 2.24) is 4.57 Å². The van der Waals surface area contributed by atoms with Crippen LogP contribution in [-0.2, 0) is 7.05 Å². The summed E-state index contributed by atoms with van der Waals surface area (Å²) in [4.78, 5) is 0. The maximum atomic E-state index is 6.36. The molecule has 3 heteroatoms. The lowest BCUT2D eigenvalue weighted by Gasteiger charge is -2.07. The van der Waals surface area contributed by atoms with Gasteiger partial charge in [0.15, 0.2) is 0 Å². The SMILES string of the molecule is CC(C)c1c(Cl)c2c(N)cccc2n1C. The smallest absolute Gasteiger partial charge is 0.0717 e. The molecule has 0 aliphatic carbocycles. The van der Waals surface area contributed by atoms with E-state index in [1.54, 1.807) is 0 Å². The summed E-state index contributed by atoms with van der Waals surface area (Å²) in [5.74, 6) is 0.397. The van der Waals surface area contributed by atoms with Crippen LogP contribution < -0.4 is 5.73 Å². The van der Waals surface area contributed by atoms with Gasteiger partial charge in [0.1, 0.15) is 0 Å². The van der Waals surface area contributed by atoms with Crippen LogP contribution in [0.3, 0.4) is 0 Å². The first-order valence-electron chi connectivity index (χ1n) is 5.06. The second kappa shape index (κ2) is 3.46. The van der Waals surface area contributed by atoms with E-state index >= 15 is 0 Å². The number of anilines is 1. The fourth-order valence-corrected chi connectivity index (χ4v) is 2.67. The number of nitrogen functional groups attached to an aromatic ring is 1. The molecule has 0 amide bonds. The standard InChI is InChI=1S/C12H15ClN2/c1-7(2)12-11(13)10-8(14)5-4-6-9(10)15(12)3/h4-7H,14H2,1-3H3. The highest BCUT2D eigenvalue weighted by Gasteiger charge is 2.17. The van der Waals surface area contributed by atoms with Crippen LogP contribution in [-0.4, -0.2) is 4.57 Å². The number of benzene rings is 1. The van der Waals surface area contributed by atoms with Crippen LogP contribution in [0.5, 0.6) is 0 Å².